The van der Waals surface area contributed by atoms with E-state index in [0.29, 0.717) is 6.61 Å². The predicted octanol–water partition coefficient (Wildman–Crippen LogP) is 8.20. The molecule has 3 nitrogen and oxygen atoms in total. The summed E-state index contributed by atoms with van der Waals surface area (Å²) >= 11 is 3.59. The number of hydrogen-bond donors (Lipinski definition) is 0. The lowest BCUT2D eigenvalue weighted by atomic mass is 9.78. The maximum Gasteiger partial charge on any atom is 0.233 e. The van der Waals surface area contributed by atoms with Gasteiger partial charge in [0, 0.05) is 15.7 Å². The largest absolute Gasteiger partial charge is 0.489 e. The molecule has 1 aliphatic heterocycles. The van der Waals surface area contributed by atoms with Crippen molar-refractivity contribution in [3.63, 3.8) is 0 Å². The molecule has 0 aliphatic carbocycles. The van der Waals surface area contributed by atoms with E-state index in [0.717, 1.165) is 57.4 Å². The molecule has 0 spiro atoms. The molecule has 0 bridgehead atoms. The summed E-state index contributed by atoms with van der Waals surface area (Å²) in [6.07, 6.45) is 2.40. The number of anilines is 1. The molecule has 5 heteroatoms. The van der Waals surface area contributed by atoms with Crippen molar-refractivity contribution in [2.45, 2.75) is 38.8 Å². The van der Waals surface area contributed by atoms with Gasteiger partial charge < -0.3 is 9.64 Å². The number of aryl methyl sites for hydroxylation is 2. The highest BCUT2D eigenvalue weighted by molar-refractivity contribution is 9.10. The van der Waals surface area contributed by atoms with Gasteiger partial charge in [-0.2, -0.15) is 0 Å². The van der Waals surface area contributed by atoms with Crippen LogP contribution in [0.4, 0.5) is 10.1 Å². The first kappa shape index (κ1) is 25.2. The first-order chi connectivity index (χ1) is 18.0. The van der Waals surface area contributed by atoms with Gasteiger partial charge >= 0.3 is 0 Å². The van der Waals surface area contributed by atoms with E-state index in [1.54, 1.807) is 0 Å². The van der Waals surface area contributed by atoms with E-state index in [1.807, 2.05) is 90.7 Å². The number of carbonyl (C=O) groups excluding carboxylic acids is 1. The lowest BCUT2D eigenvalue weighted by Crippen LogP contribution is -2.55. The van der Waals surface area contributed by atoms with Crippen LogP contribution in [0.2, 0.25) is 0 Å². The van der Waals surface area contributed by atoms with Gasteiger partial charge in [-0.15, -0.1) is 0 Å². The fourth-order valence-electron chi connectivity index (χ4n) is 4.97. The molecule has 1 fully saturated rings. The summed E-state index contributed by atoms with van der Waals surface area (Å²) in [5.41, 5.74) is 5.22. The molecule has 0 radical (unpaired) electrons. The van der Waals surface area contributed by atoms with Crippen LogP contribution in [-0.2, 0) is 17.8 Å². The third kappa shape index (κ3) is 5.78. The average molecular weight is 558 g/mol. The number of rotatable bonds is 9. The quantitative estimate of drug-likeness (QED) is 0.194. The second-order valence-corrected chi connectivity index (χ2v) is 10.5. The number of hydrogen-bond acceptors (Lipinski definition) is 2. The fraction of sp³-hybridized carbons (Fsp3) is 0.219. The van der Waals surface area contributed by atoms with Crippen LogP contribution in [-0.4, -0.2) is 5.91 Å². The summed E-state index contributed by atoms with van der Waals surface area (Å²) < 4.78 is 20.6. The average Bonchev–Trinajstić information content (AvgIpc) is 2.91. The van der Waals surface area contributed by atoms with Crippen LogP contribution in [0.3, 0.4) is 0 Å². The van der Waals surface area contributed by atoms with Crippen LogP contribution in [0.15, 0.2) is 102 Å². The third-order valence-electron chi connectivity index (χ3n) is 6.95. The zero-order valence-corrected chi connectivity index (χ0v) is 22.3. The zero-order chi connectivity index (χ0) is 25.8. The molecule has 1 amide bonds. The van der Waals surface area contributed by atoms with E-state index in [9.17, 15) is 9.18 Å². The highest BCUT2D eigenvalue weighted by Gasteiger charge is 2.49. The van der Waals surface area contributed by atoms with Crippen molar-refractivity contribution in [3.8, 4) is 5.75 Å². The fourth-order valence-corrected chi connectivity index (χ4v) is 5.31. The van der Waals surface area contributed by atoms with Crippen molar-refractivity contribution in [2.75, 3.05) is 4.90 Å². The van der Waals surface area contributed by atoms with E-state index in [2.05, 4.69) is 22.0 Å². The van der Waals surface area contributed by atoms with E-state index in [-0.39, 0.29) is 23.7 Å². The molecule has 4 aromatic rings. The highest BCUT2D eigenvalue weighted by Crippen LogP contribution is 2.48. The number of benzene rings is 4. The summed E-state index contributed by atoms with van der Waals surface area (Å²) in [4.78, 5) is 15.4. The molecular formula is C32H29BrFNO2. The van der Waals surface area contributed by atoms with Crippen molar-refractivity contribution < 1.29 is 13.9 Å². The number of β-lactam (4-membered cyclic amide) rings is 1. The first-order valence-corrected chi connectivity index (χ1v) is 13.4. The first-order valence-electron chi connectivity index (χ1n) is 12.6. The maximum absolute atomic E-state index is 13.5. The third-order valence-corrected chi connectivity index (χ3v) is 7.44. The van der Waals surface area contributed by atoms with Gasteiger partial charge in [-0.3, -0.25) is 4.79 Å². The minimum Gasteiger partial charge on any atom is -0.489 e. The van der Waals surface area contributed by atoms with Crippen molar-refractivity contribution >= 4 is 27.5 Å². The zero-order valence-electron chi connectivity index (χ0n) is 20.7. The number of amides is 1. The Morgan fingerprint density at radius 1 is 0.892 bits per heavy atom. The number of halogens is 2. The van der Waals surface area contributed by atoms with Crippen LogP contribution >= 0.6 is 15.9 Å². The van der Waals surface area contributed by atoms with Gasteiger partial charge in [-0.1, -0.05) is 82.2 Å². The van der Waals surface area contributed by atoms with E-state index < -0.39 is 0 Å². The van der Waals surface area contributed by atoms with Gasteiger partial charge in [-0.05, 0) is 73.7 Å². The summed E-state index contributed by atoms with van der Waals surface area (Å²) in [5.74, 6) is 0.522. The highest BCUT2D eigenvalue weighted by atomic mass is 79.9. The standard InChI is InChI=1S/C32H29BrFNO2/c1-22-10-17-27(18-11-22)35-31(29(32(35)36)9-5-8-23-12-15-26(34)16-13-23)28-19-14-25(33)20-30(28)37-21-24-6-3-2-4-7-24/h2-4,6-7,10-20,29,31H,5,8-9,21H2,1H3/t29-,31-/m1/s1. The topological polar surface area (TPSA) is 29.5 Å². The Balaban J connectivity index is 1.41. The molecule has 1 aliphatic rings. The summed E-state index contributed by atoms with van der Waals surface area (Å²) in [5, 5.41) is 0. The molecule has 0 unspecified atom stereocenters. The van der Waals surface area contributed by atoms with Crippen LogP contribution < -0.4 is 9.64 Å². The summed E-state index contributed by atoms with van der Waals surface area (Å²) in [7, 11) is 0. The molecule has 0 aromatic heterocycles. The van der Waals surface area contributed by atoms with Crippen molar-refractivity contribution in [1.29, 1.82) is 0 Å². The molecule has 1 heterocycles. The Morgan fingerprint density at radius 2 is 1.62 bits per heavy atom. The molecule has 37 heavy (non-hydrogen) atoms. The van der Waals surface area contributed by atoms with Crippen molar-refractivity contribution in [1.82, 2.24) is 0 Å². The molecule has 0 N–H and O–H groups in total. The minimum absolute atomic E-state index is 0.123. The number of nitrogens with zero attached hydrogens (tertiary/aromatic N) is 1. The minimum atomic E-state index is -0.231. The van der Waals surface area contributed by atoms with Gasteiger partial charge in [0.05, 0.1) is 12.0 Å². The van der Waals surface area contributed by atoms with Gasteiger partial charge in [0.1, 0.15) is 18.2 Å². The van der Waals surface area contributed by atoms with E-state index in [4.69, 9.17) is 4.74 Å². The molecule has 4 aromatic carbocycles. The molecule has 188 valence electrons. The number of carbonyl (C=O) groups is 1. The molecule has 0 saturated carbocycles. The van der Waals surface area contributed by atoms with Crippen molar-refractivity contribution in [3.05, 3.63) is 130 Å². The Kier molecular flexibility index (Phi) is 7.71. The lowest BCUT2D eigenvalue weighted by Gasteiger charge is -2.48. The Bertz CT molecular complexity index is 1360. The van der Waals surface area contributed by atoms with Gasteiger partial charge in [0.25, 0.3) is 0 Å². The van der Waals surface area contributed by atoms with Crippen LogP contribution in [0, 0.1) is 18.7 Å². The SMILES string of the molecule is Cc1ccc(N2C(=O)[C@H](CCCc3ccc(F)cc3)[C@H]2c2ccc(Br)cc2OCc2ccccc2)cc1. The molecular weight excluding hydrogens is 529 g/mol. The molecule has 5 rings (SSSR count). The monoisotopic (exact) mass is 557 g/mol. The Morgan fingerprint density at radius 3 is 2.35 bits per heavy atom. The van der Waals surface area contributed by atoms with E-state index in [1.165, 1.54) is 12.1 Å². The second kappa shape index (κ2) is 11.3. The van der Waals surface area contributed by atoms with Crippen molar-refractivity contribution in [2.24, 2.45) is 5.92 Å². The normalized spacial score (nSPS) is 16.9. The van der Waals surface area contributed by atoms with Gasteiger partial charge in [0.2, 0.25) is 5.91 Å². The summed E-state index contributed by atoms with van der Waals surface area (Å²) in [6.45, 7) is 2.49. The van der Waals surface area contributed by atoms with Crippen LogP contribution in [0.1, 0.15) is 41.1 Å². The molecule has 2 atom stereocenters. The van der Waals surface area contributed by atoms with Crippen LogP contribution in [0.5, 0.6) is 5.75 Å². The number of ether oxygens (including phenoxy) is 1. The van der Waals surface area contributed by atoms with Gasteiger partial charge in [-0.25, -0.2) is 4.39 Å². The predicted molar refractivity (Wildman–Crippen MR) is 149 cm³/mol. The lowest BCUT2D eigenvalue weighted by molar-refractivity contribution is -0.130. The van der Waals surface area contributed by atoms with Crippen LogP contribution in [0.25, 0.3) is 0 Å². The summed E-state index contributed by atoms with van der Waals surface area (Å²) in [6, 6.07) is 30.7. The maximum atomic E-state index is 13.5. The smallest absolute Gasteiger partial charge is 0.233 e. The molecule has 1 saturated heterocycles. The van der Waals surface area contributed by atoms with Gasteiger partial charge in [0.15, 0.2) is 0 Å². The Labute approximate surface area is 226 Å². The van der Waals surface area contributed by atoms with E-state index >= 15 is 0 Å². The second-order valence-electron chi connectivity index (χ2n) is 9.57. The Hall–Kier alpha value is -3.44.